The van der Waals surface area contributed by atoms with E-state index in [1.54, 1.807) is 60.1 Å². The van der Waals surface area contributed by atoms with Gasteiger partial charge in [0.15, 0.2) is 0 Å². The number of ether oxygens (including phenoxy) is 1. The van der Waals surface area contributed by atoms with E-state index in [-0.39, 0.29) is 11.7 Å². The summed E-state index contributed by atoms with van der Waals surface area (Å²) in [7, 11) is 0. The smallest absolute Gasteiger partial charge is 0.251 e. The lowest BCUT2D eigenvalue weighted by molar-refractivity contribution is 0.0952. The van der Waals surface area contributed by atoms with E-state index >= 15 is 0 Å². The molecule has 0 aliphatic heterocycles. The molecule has 162 valence electrons. The van der Waals surface area contributed by atoms with Crippen molar-refractivity contribution in [3.63, 3.8) is 0 Å². The average molecular weight is 448 g/mol. The second-order valence-corrected chi connectivity index (χ2v) is 8.11. The Kier molecular flexibility index (Phi) is 7.19. The van der Waals surface area contributed by atoms with Gasteiger partial charge in [-0.15, -0.1) is 11.3 Å². The summed E-state index contributed by atoms with van der Waals surface area (Å²) in [4.78, 5) is 21.2. The van der Waals surface area contributed by atoms with E-state index in [9.17, 15) is 9.18 Å². The summed E-state index contributed by atoms with van der Waals surface area (Å²) in [6.07, 6.45) is 5.12. The van der Waals surface area contributed by atoms with Crippen LogP contribution in [0, 0.1) is 5.82 Å². The molecule has 0 saturated carbocycles. The minimum Gasteiger partial charge on any atom is -0.489 e. The highest BCUT2D eigenvalue weighted by Gasteiger charge is 2.08. The Hall–Kier alpha value is -3.58. The zero-order valence-electron chi connectivity index (χ0n) is 17.3. The number of rotatable bonds is 9. The third-order valence-electron chi connectivity index (χ3n) is 4.80. The minimum absolute atomic E-state index is 0.145. The Morgan fingerprint density at radius 3 is 2.69 bits per heavy atom. The van der Waals surface area contributed by atoms with Crippen LogP contribution in [0.15, 0.2) is 78.4 Å². The summed E-state index contributed by atoms with van der Waals surface area (Å²) < 4.78 is 18.7. The van der Waals surface area contributed by atoms with Crippen molar-refractivity contribution in [3.05, 3.63) is 100 Å². The molecular weight excluding hydrogens is 425 g/mol. The van der Waals surface area contributed by atoms with Crippen molar-refractivity contribution in [1.82, 2.24) is 15.3 Å². The van der Waals surface area contributed by atoms with E-state index in [0.29, 0.717) is 24.5 Å². The van der Waals surface area contributed by atoms with E-state index in [1.165, 1.54) is 12.1 Å². The standard InChI is InChI=1S/C25H22FN3O2S/c26-21-8-6-18(7-9-21)16-31-22-4-1-3-20(15-22)25(30)28-12-2-5-24-29-23(17-32-24)19-10-13-27-14-11-19/h1,3-4,6-11,13-15,17H,2,5,12,16H2,(H,28,30). The van der Waals surface area contributed by atoms with Crippen LogP contribution in [-0.2, 0) is 13.0 Å². The number of hydrogen-bond acceptors (Lipinski definition) is 5. The molecule has 2 aromatic carbocycles. The zero-order chi connectivity index (χ0) is 22.2. The first kappa shape index (κ1) is 21.6. The normalized spacial score (nSPS) is 10.7. The average Bonchev–Trinajstić information content (AvgIpc) is 3.31. The lowest BCUT2D eigenvalue weighted by atomic mass is 10.2. The quantitative estimate of drug-likeness (QED) is 0.354. The van der Waals surface area contributed by atoms with Gasteiger partial charge in [-0.25, -0.2) is 9.37 Å². The number of pyridine rings is 1. The van der Waals surface area contributed by atoms with Crippen LogP contribution >= 0.6 is 11.3 Å². The molecule has 32 heavy (non-hydrogen) atoms. The molecule has 5 nitrogen and oxygen atoms in total. The maximum absolute atomic E-state index is 13.0. The van der Waals surface area contributed by atoms with Gasteiger partial charge in [-0.2, -0.15) is 0 Å². The molecule has 0 fully saturated rings. The molecule has 2 aromatic heterocycles. The number of amides is 1. The molecule has 0 unspecified atom stereocenters. The zero-order valence-corrected chi connectivity index (χ0v) is 18.1. The van der Waals surface area contributed by atoms with Crippen LogP contribution in [0.25, 0.3) is 11.3 Å². The van der Waals surface area contributed by atoms with Crippen molar-refractivity contribution in [2.24, 2.45) is 0 Å². The molecule has 0 aliphatic rings. The molecule has 0 spiro atoms. The fourth-order valence-electron chi connectivity index (χ4n) is 3.10. The van der Waals surface area contributed by atoms with E-state index < -0.39 is 0 Å². The SMILES string of the molecule is O=C(NCCCc1nc(-c2ccncc2)cs1)c1cccc(OCc2ccc(F)cc2)c1. The van der Waals surface area contributed by atoms with Crippen molar-refractivity contribution in [2.75, 3.05) is 6.54 Å². The number of nitrogens with one attached hydrogen (secondary N) is 1. The lowest BCUT2D eigenvalue weighted by Crippen LogP contribution is -2.24. The highest BCUT2D eigenvalue weighted by molar-refractivity contribution is 7.09. The maximum Gasteiger partial charge on any atom is 0.251 e. The topological polar surface area (TPSA) is 64.1 Å². The fraction of sp³-hybridized carbons (Fsp3) is 0.160. The second-order valence-electron chi connectivity index (χ2n) is 7.16. The number of halogens is 1. The van der Waals surface area contributed by atoms with Crippen LogP contribution in [0.4, 0.5) is 4.39 Å². The van der Waals surface area contributed by atoms with E-state index in [1.807, 2.05) is 17.5 Å². The number of nitrogens with zero attached hydrogens (tertiary/aromatic N) is 2. The summed E-state index contributed by atoms with van der Waals surface area (Å²) in [6.45, 7) is 0.865. The molecule has 0 saturated heterocycles. The van der Waals surface area contributed by atoms with Gasteiger partial charge in [0.2, 0.25) is 0 Å². The van der Waals surface area contributed by atoms with Crippen LogP contribution in [0.2, 0.25) is 0 Å². The summed E-state index contributed by atoms with van der Waals surface area (Å²) in [5, 5.41) is 6.03. The van der Waals surface area contributed by atoms with Gasteiger partial charge in [0.1, 0.15) is 18.2 Å². The number of benzene rings is 2. The highest BCUT2D eigenvalue weighted by Crippen LogP contribution is 2.22. The number of aryl methyl sites for hydroxylation is 1. The molecular formula is C25H22FN3O2S. The molecule has 2 heterocycles. The number of thiazole rings is 1. The van der Waals surface area contributed by atoms with Crippen molar-refractivity contribution < 1.29 is 13.9 Å². The van der Waals surface area contributed by atoms with Gasteiger partial charge in [-0.05, 0) is 54.4 Å². The Balaban J connectivity index is 1.23. The summed E-state index contributed by atoms with van der Waals surface area (Å²) in [5.41, 5.74) is 3.40. The van der Waals surface area contributed by atoms with Crippen LogP contribution in [-0.4, -0.2) is 22.4 Å². The van der Waals surface area contributed by atoms with Gasteiger partial charge in [0.25, 0.3) is 5.91 Å². The van der Waals surface area contributed by atoms with Crippen LogP contribution in [0.3, 0.4) is 0 Å². The van der Waals surface area contributed by atoms with Crippen molar-refractivity contribution in [2.45, 2.75) is 19.4 Å². The van der Waals surface area contributed by atoms with E-state index in [0.717, 1.165) is 34.7 Å². The van der Waals surface area contributed by atoms with Gasteiger partial charge in [-0.1, -0.05) is 18.2 Å². The van der Waals surface area contributed by atoms with Crippen LogP contribution in [0.5, 0.6) is 5.75 Å². The molecule has 0 radical (unpaired) electrons. The first-order valence-electron chi connectivity index (χ1n) is 10.3. The van der Waals surface area contributed by atoms with E-state index in [2.05, 4.69) is 15.3 Å². The first-order chi connectivity index (χ1) is 15.7. The predicted molar refractivity (Wildman–Crippen MR) is 123 cm³/mol. The van der Waals surface area contributed by atoms with Gasteiger partial charge in [0, 0.05) is 41.9 Å². The monoisotopic (exact) mass is 447 g/mol. The summed E-state index contributed by atoms with van der Waals surface area (Å²) >= 11 is 1.62. The maximum atomic E-state index is 13.0. The largest absolute Gasteiger partial charge is 0.489 e. The van der Waals surface area contributed by atoms with Crippen molar-refractivity contribution in [3.8, 4) is 17.0 Å². The van der Waals surface area contributed by atoms with Crippen molar-refractivity contribution in [1.29, 1.82) is 0 Å². The molecule has 0 aliphatic carbocycles. The molecule has 4 aromatic rings. The van der Waals surface area contributed by atoms with Crippen molar-refractivity contribution >= 4 is 17.2 Å². The minimum atomic E-state index is -0.281. The molecule has 7 heteroatoms. The Bertz CT molecular complexity index is 1160. The van der Waals surface area contributed by atoms with Crippen LogP contribution < -0.4 is 10.1 Å². The molecule has 0 atom stereocenters. The van der Waals surface area contributed by atoms with E-state index in [4.69, 9.17) is 4.74 Å². The number of carbonyl (C=O) groups excluding carboxylic acids is 1. The molecule has 1 N–H and O–H groups in total. The Morgan fingerprint density at radius 1 is 1.06 bits per heavy atom. The summed E-state index contributed by atoms with van der Waals surface area (Å²) in [5.74, 6) is 0.165. The van der Waals surface area contributed by atoms with Gasteiger partial charge in [-0.3, -0.25) is 9.78 Å². The number of aromatic nitrogens is 2. The predicted octanol–water partition coefficient (Wildman–Crippen LogP) is 5.29. The third-order valence-corrected chi connectivity index (χ3v) is 5.70. The van der Waals surface area contributed by atoms with Gasteiger partial charge >= 0.3 is 0 Å². The van der Waals surface area contributed by atoms with Crippen LogP contribution in [0.1, 0.15) is 27.3 Å². The Morgan fingerprint density at radius 2 is 1.88 bits per heavy atom. The lowest BCUT2D eigenvalue weighted by Gasteiger charge is -2.09. The fourth-order valence-corrected chi connectivity index (χ4v) is 3.95. The summed E-state index contributed by atoms with van der Waals surface area (Å²) in [6, 6.07) is 17.1. The first-order valence-corrected chi connectivity index (χ1v) is 11.2. The Labute approximate surface area is 189 Å². The number of carbonyl (C=O) groups is 1. The molecule has 4 rings (SSSR count). The molecule has 1 amide bonds. The number of hydrogen-bond donors (Lipinski definition) is 1. The highest BCUT2D eigenvalue weighted by atomic mass is 32.1. The second kappa shape index (κ2) is 10.6. The third kappa shape index (κ3) is 5.98. The van der Waals surface area contributed by atoms with Gasteiger partial charge < -0.3 is 10.1 Å². The van der Waals surface area contributed by atoms with Gasteiger partial charge in [0.05, 0.1) is 10.7 Å². The molecule has 0 bridgehead atoms.